The molecule has 1 aromatic carbocycles. The zero-order chi connectivity index (χ0) is 18.1. The third kappa shape index (κ3) is 5.53. The second-order valence-corrected chi connectivity index (χ2v) is 6.64. The van der Waals surface area contributed by atoms with Gasteiger partial charge in [0, 0.05) is 32.4 Å². The van der Waals surface area contributed by atoms with Crippen LogP contribution in [0.25, 0.3) is 0 Å². The van der Waals surface area contributed by atoms with Crippen LogP contribution in [0.15, 0.2) is 23.2 Å². The molecule has 25 heavy (non-hydrogen) atoms. The minimum absolute atomic E-state index is 0.232. The highest BCUT2D eigenvalue weighted by atomic mass is 16.5. The van der Waals surface area contributed by atoms with Gasteiger partial charge in [-0.3, -0.25) is 0 Å². The van der Waals surface area contributed by atoms with Gasteiger partial charge in [0.25, 0.3) is 0 Å². The summed E-state index contributed by atoms with van der Waals surface area (Å²) in [5.74, 6) is 1.72. The molecule has 3 N–H and O–H groups in total. The Hall–Kier alpha value is -1.95. The maximum absolute atomic E-state index is 10.00. The van der Waals surface area contributed by atoms with E-state index in [1.54, 1.807) is 26.4 Å². The van der Waals surface area contributed by atoms with Crippen LogP contribution in [0.3, 0.4) is 0 Å². The number of hydrogen-bond acceptors (Lipinski definition) is 4. The van der Waals surface area contributed by atoms with Crippen LogP contribution in [0.4, 0.5) is 0 Å². The molecule has 2 rings (SSSR count). The predicted octanol–water partition coefficient (Wildman–Crippen LogP) is 2.66. The van der Waals surface area contributed by atoms with E-state index in [0.29, 0.717) is 17.7 Å². The molecule has 1 aromatic rings. The lowest BCUT2D eigenvalue weighted by Crippen LogP contribution is -2.46. The largest absolute Gasteiger partial charge is 0.508 e. The third-order valence-corrected chi connectivity index (χ3v) is 4.92. The normalized spacial score (nSPS) is 16.2. The standard InChI is InChI=1S/C19H31N3O3/c1-4-20-18(22-14-19(8-5-9-19)10-11-24-2)21-13-15-12-16(25-3)6-7-17(15)23/h6-7,12,23H,4-5,8-11,13-14H2,1-3H3,(H2,20,21,22). The van der Waals surface area contributed by atoms with Crippen molar-refractivity contribution in [2.24, 2.45) is 10.4 Å². The molecule has 6 heteroatoms. The molecule has 1 aliphatic rings. The van der Waals surface area contributed by atoms with Crippen LogP contribution < -0.4 is 15.4 Å². The summed E-state index contributed by atoms with van der Waals surface area (Å²) >= 11 is 0. The summed E-state index contributed by atoms with van der Waals surface area (Å²) in [5.41, 5.74) is 1.07. The first-order valence-electron chi connectivity index (χ1n) is 8.99. The van der Waals surface area contributed by atoms with Crippen LogP contribution in [0.1, 0.15) is 38.2 Å². The summed E-state index contributed by atoms with van der Waals surface area (Å²) in [6.45, 7) is 4.92. The maximum atomic E-state index is 10.00. The Balaban J connectivity index is 1.98. The van der Waals surface area contributed by atoms with Crippen molar-refractivity contribution in [2.45, 2.75) is 39.2 Å². The number of aromatic hydroxyl groups is 1. The Morgan fingerprint density at radius 1 is 1.28 bits per heavy atom. The lowest BCUT2D eigenvalue weighted by molar-refractivity contribution is 0.0732. The van der Waals surface area contributed by atoms with E-state index in [2.05, 4.69) is 15.6 Å². The van der Waals surface area contributed by atoms with Gasteiger partial charge in [0.1, 0.15) is 11.5 Å². The van der Waals surface area contributed by atoms with Gasteiger partial charge in [-0.05, 0) is 49.8 Å². The number of hydrogen-bond donors (Lipinski definition) is 3. The first-order valence-corrected chi connectivity index (χ1v) is 8.99. The monoisotopic (exact) mass is 349 g/mol. The SMILES string of the molecule is CCNC(=NCc1cc(OC)ccc1O)NCC1(CCOC)CCC1. The Labute approximate surface area is 150 Å². The molecular formula is C19H31N3O3. The fraction of sp³-hybridized carbons (Fsp3) is 0.632. The Bertz CT molecular complexity index is 571. The molecule has 0 spiro atoms. The number of aliphatic imine (C=N–C) groups is 1. The van der Waals surface area contributed by atoms with Gasteiger partial charge in [-0.2, -0.15) is 0 Å². The molecule has 0 atom stereocenters. The van der Waals surface area contributed by atoms with Gasteiger partial charge in [0.15, 0.2) is 5.96 Å². The number of ether oxygens (including phenoxy) is 2. The van der Waals surface area contributed by atoms with Crippen molar-refractivity contribution in [2.75, 3.05) is 33.9 Å². The van der Waals surface area contributed by atoms with E-state index >= 15 is 0 Å². The molecule has 0 heterocycles. The summed E-state index contributed by atoms with van der Waals surface area (Å²) in [4.78, 5) is 4.61. The van der Waals surface area contributed by atoms with Crippen LogP contribution in [0.5, 0.6) is 11.5 Å². The number of phenols is 1. The summed E-state index contributed by atoms with van der Waals surface area (Å²) in [7, 11) is 3.37. The molecule has 1 aliphatic carbocycles. The van der Waals surface area contributed by atoms with Crippen LogP contribution in [-0.2, 0) is 11.3 Å². The molecule has 0 unspecified atom stereocenters. The quantitative estimate of drug-likeness (QED) is 0.472. The van der Waals surface area contributed by atoms with Crippen molar-refractivity contribution in [3.05, 3.63) is 23.8 Å². The predicted molar refractivity (Wildman–Crippen MR) is 100 cm³/mol. The van der Waals surface area contributed by atoms with E-state index in [1.165, 1.54) is 19.3 Å². The van der Waals surface area contributed by atoms with Crippen molar-refractivity contribution in [1.82, 2.24) is 10.6 Å². The lowest BCUT2D eigenvalue weighted by atomic mass is 9.67. The molecule has 0 saturated heterocycles. The molecule has 6 nitrogen and oxygen atoms in total. The van der Waals surface area contributed by atoms with Gasteiger partial charge in [0.05, 0.1) is 13.7 Å². The third-order valence-electron chi connectivity index (χ3n) is 4.92. The summed E-state index contributed by atoms with van der Waals surface area (Å²) in [5, 5.41) is 16.7. The number of methoxy groups -OCH3 is 2. The minimum Gasteiger partial charge on any atom is -0.508 e. The lowest BCUT2D eigenvalue weighted by Gasteiger charge is -2.42. The van der Waals surface area contributed by atoms with Gasteiger partial charge >= 0.3 is 0 Å². The van der Waals surface area contributed by atoms with Crippen LogP contribution >= 0.6 is 0 Å². The van der Waals surface area contributed by atoms with Gasteiger partial charge in [-0.15, -0.1) is 0 Å². The summed E-state index contributed by atoms with van der Waals surface area (Å²) < 4.78 is 10.5. The van der Waals surface area contributed by atoms with Gasteiger partial charge in [-0.1, -0.05) is 6.42 Å². The Morgan fingerprint density at radius 3 is 2.68 bits per heavy atom. The minimum atomic E-state index is 0.232. The summed E-state index contributed by atoms with van der Waals surface area (Å²) in [6.07, 6.45) is 4.84. The Morgan fingerprint density at radius 2 is 2.08 bits per heavy atom. The van der Waals surface area contributed by atoms with E-state index in [-0.39, 0.29) is 5.75 Å². The van der Waals surface area contributed by atoms with E-state index in [0.717, 1.165) is 37.6 Å². The van der Waals surface area contributed by atoms with E-state index in [9.17, 15) is 5.11 Å². The van der Waals surface area contributed by atoms with Gasteiger partial charge in [0.2, 0.25) is 0 Å². The van der Waals surface area contributed by atoms with Crippen molar-refractivity contribution < 1.29 is 14.6 Å². The summed E-state index contributed by atoms with van der Waals surface area (Å²) in [6, 6.07) is 5.19. The number of benzene rings is 1. The average molecular weight is 349 g/mol. The molecular weight excluding hydrogens is 318 g/mol. The van der Waals surface area contributed by atoms with Crippen LogP contribution in [0.2, 0.25) is 0 Å². The van der Waals surface area contributed by atoms with Crippen LogP contribution in [-0.4, -0.2) is 45.0 Å². The first-order chi connectivity index (χ1) is 12.1. The van der Waals surface area contributed by atoms with E-state index in [1.807, 2.05) is 13.0 Å². The molecule has 1 fully saturated rings. The highest BCUT2D eigenvalue weighted by Gasteiger charge is 2.36. The molecule has 140 valence electrons. The van der Waals surface area contributed by atoms with Crippen LogP contribution in [0, 0.1) is 5.41 Å². The molecule has 0 aromatic heterocycles. The zero-order valence-electron chi connectivity index (χ0n) is 15.6. The fourth-order valence-electron chi connectivity index (χ4n) is 3.10. The second kappa shape index (κ2) is 9.51. The van der Waals surface area contributed by atoms with Crippen molar-refractivity contribution >= 4 is 5.96 Å². The highest BCUT2D eigenvalue weighted by Crippen LogP contribution is 2.43. The highest BCUT2D eigenvalue weighted by molar-refractivity contribution is 5.79. The maximum Gasteiger partial charge on any atom is 0.191 e. The zero-order valence-corrected chi connectivity index (χ0v) is 15.6. The number of rotatable bonds is 9. The molecule has 0 amide bonds. The number of phenolic OH excluding ortho intramolecular Hbond substituents is 1. The number of nitrogens with one attached hydrogen (secondary N) is 2. The van der Waals surface area contributed by atoms with E-state index in [4.69, 9.17) is 9.47 Å². The fourth-order valence-corrected chi connectivity index (χ4v) is 3.10. The Kier molecular flexibility index (Phi) is 7.37. The molecule has 1 saturated carbocycles. The topological polar surface area (TPSA) is 75.1 Å². The molecule has 0 bridgehead atoms. The van der Waals surface area contributed by atoms with Gasteiger partial charge < -0.3 is 25.2 Å². The number of nitrogens with zero attached hydrogens (tertiary/aromatic N) is 1. The molecule has 0 aliphatic heterocycles. The van der Waals surface area contributed by atoms with Crippen molar-refractivity contribution in [3.8, 4) is 11.5 Å². The average Bonchev–Trinajstić information content (AvgIpc) is 2.59. The van der Waals surface area contributed by atoms with Crippen molar-refractivity contribution in [1.29, 1.82) is 0 Å². The smallest absolute Gasteiger partial charge is 0.191 e. The molecule has 0 radical (unpaired) electrons. The first kappa shape index (κ1) is 19.4. The number of guanidine groups is 1. The second-order valence-electron chi connectivity index (χ2n) is 6.64. The van der Waals surface area contributed by atoms with E-state index < -0.39 is 0 Å². The van der Waals surface area contributed by atoms with Crippen molar-refractivity contribution in [3.63, 3.8) is 0 Å². The van der Waals surface area contributed by atoms with Gasteiger partial charge in [-0.25, -0.2) is 4.99 Å².